The number of methoxy groups -OCH3 is 1. The molecule has 2 aromatic carbocycles. The summed E-state index contributed by atoms with van der Waals surface area (Å²) in [6.07, 6.45) is 4.20. The van der Waals surface area contributed by atoms with Crippen LogP contribution in [0.2, 0.25) is 0 Å². The number of hydrogen-bond donors (Lipinski definition) is 3. The van der Waals surface area contributed by atoms with E-state index < -0.39 is 0 Å². The monoisotopic (exact) mass is 364 g/mol. The SMILES string of the molecule is CCNC(=NCc1cccc(OC)c1)NCCCc1c[nH]c2ccccc12. The van der Waals surface area contributed by atoms with E-state index in [-0.39, 0.29) is 0 Å². The molecular weight excluding hydrogens is 336 g/mol. The van der Waals surface area contributed by atoms with Crippen LogP contribution in [0.4, 0.5) is 0 Å². The third kappa shape index (κ3) is 5.26. The summed E-state index contributed by atoms with van der Waals surface area (Å²) in [6.45, 7) is 4.42. The number of nitrogens with zero attached hydrogens (tertiary/aromatic N) is 1. The molecule has 5 nitrogen and oxygen atoms in total. The number of para-hydroxylation sites is 1. The lowest BCUT2D eigenvalue weighted by atomic mass is 10.1. The first-order chi connectivity index (χ1) is 13.3. The number of aliphatic imine (C=N–C) groups is 1. The van der Waals surface area contributed by atoms with E-state index in [1.165, 1.54) is 16.5 Å². The maximum absolute atomic E-state index is 5.27. The van der Waals surface area contributed by atoms with Crippen molar-refractivity contribution >= 4 is 16.9 Å². The number of rotatable bonds is 8. The van der Waals surface area contributed by atoms with Crippen molar-refractivity contribution in [3.8, 4) is 5.75 Å². The van der Waals surface area contributed by atoms with Crippen LogP contribution in [0.5, 0.6) is 5.75 Å². The molecule has 3 N–H and O–H groups in total. The predicted molar refractivity (Wildman–Crippen MR) is 112 cm³/mol. The first-order valence-electron chi connectivity index (χ1n) is 9.50. The standard InChI is InChI=1S/C22H28N4O/c1-3-23-22(26-15-17-8-6-10-19(14-17)27-2)24-13-7-9-18-16-25-21-12-5-4-11-20(18)21/h4-6,8,10-12,14,16,25H,3,7,9,13,15H2,1-2H3,(H2,23,24,26). The first kappa shape index (κ1) is 18.8. The molecule has 0 saturated carbocycles. The van der Waals surface area contributed by atoms with Crippen molar-refractivity contribution in [2.75, 3.05) is 20.2 Å². The Kier molecular flexibility index (Phi) is 6.74. The van der Waals surface area contributed by atoms with Gasteiger partial charge in [0.1, 0.15) is 5.75 Å². The lowest BCUT2D eigenvalue weighted by Gasteiger charge is -2.11. The lowest BCUT2D eigenvalue weighted by molar-refractivity contribution is 0.414. The van der Waals surface area contributed by atoms with E-state index in [2.05, 4.69) is 64.1 Å². The summed E-state index contributed by atoms with van der Waals surface area (Å²) in [6, 6.07) is 16.5. The van der Waals surface area contributed by atoms with Gasteiger partial charge in [-0.1, -0.05) is 30.3 Å². The minimum absolute atomic E-state index is 0.620. The molecule has 0 radical (unpaired) electrons. The highest BCUT2D eigenvalue weighted by atomic mass is 16.5. The Morgan fingerprint density at radius 3 is 2.85 bits per heavy atom. The van der Waals surface area contributed by atoms with Crippen LogP contribution >= 0.6 is 0 Å². The quantitative estimate of drug-likeness (QED) is 0.323. The molecule has 0 fully saturated rings. The number of benzene rings is 2. The van der Waals surface area contributed by atoms with Crippen LogP contribution < -0.4 is 15.4 Å². The van der Waals surface area contributed by atoms with Gasteiger partial charge in [0.25, 0.3) is 0 Å². The van der Waals surface area contributed by atoms with Gasteiger partial charge in [0.2, 0.25) is 0 Å². The minimum Gasteiger partial charge on any atom is -0.497 e. The zero-order valence-electron chi connectivity index (χ0n) is 16.1. The van der Waals surface area contributed by atoms with Gasteiger partial charge in [-0.05, 0) is 49.1 Å². The molecule has 0 bridgehead atoms. The molecular formula is C22H28N4O. The normalized spacial score (nSPS) is 11.6. The molecule has 142 valence electrons. The Morgan fingerprint density at radius 1 is 1.11 bits per heavy atom. The van der Waals surface area contributed by atoms with Crippen LogP contribution in [0.25, 0.3) is 10.9 Å². The molecule has 1 heterocycles. The van der Waals surface area contributed by atoms with Crippen molar-refractivity contribution in [3.05, 3.63) is 65.9 Å². The summed E-state index contributed by atoms with van der Waals surface area (Å²) in [5.74, 6) is 1.71. The molecule has 0 aliphatic rings. The summed E-state index contributed by atoms with van der Waals surface area (Å²) < 4.78 is 5.27. The molecule has 0 aliphatic carbocycles. The fourth-order valence-electron chi connectivity index (χ4n) is 3.11. The van der Waals surface area contributed by atoms with Crippen molar-refractivity contribution in [3.63, 3.8) is 0 Å². The summed E-state index contributed by atoms with van der Waals surface area (Å²) >= 11 is 0. The maximum atomic E-state index is 5.27. The van der Waals surface area contributed by atoms with E-state index in [1.54, 1.807) is 7.11 Å². The predicted octanol–water partition coefficient (Wildman–Crippen LogP) is 3.86. The van der Waals surface area contributed by atoms with Crippen molar-refractivity contribution in [1.29, 1.82) is 0 Å². The summed E-state index contributed by atoms with van der Waals surface area (Å²) in [4.78, 5) is 8.02. The lowest BCUT2D eigenvalue weighted by Crippen LogP contribution is -2.37. The number of guanidine groups is 1. The first-order valence-corrected chi connectivity index (χ1v) is 9.50. The second-order valence-electron chi connectivity index (χ2n) is 6.44. The summed E-state index contributed by atoms with van der Waals surface area (Å²) in [5, 5.41) is 8.05. The van der Waals surface area contributed by atoms with E-state index in [1.807, 2.05) is 18.2 Å². The third-order valence-corrected chi connectivity index (χ3v) is 4.49. The maximum Gasteiger partial charge on any atom is 0.191 e. The van der Waals surface area contributed by atoms with Gasteiger partial charge in [0, 0.05) is 30.2 Å². The highest BCUT2D eigenvalue weighted by Gasteiger charge is 2.03. The number of hydrogen-bond acceptors (Lipinski definition) is 2. The highest BCUT2D eigenvalue weighted by Crippen LogP contribution is 2.18. The molecule has 1 aromatic heterocycles. The number of aromatic amines is 1. The van der Waals surface area contributed by atoms with Gasteiger partial charge in [-0.25, -0.2) is 4.99 Å². The Bertz CT molecular complexity index is 885. The zero-order valence-corrected chi connectivity index (χ0v) is 16.1. The number of nitrogens with one attached hydrogen (secondary N) is 3. The van der Waals surface area contributed by atoms with Crippen LogP contribution in [0, 0.1) is 0 Å². The van der Waals surface area contributed by atoms with E-state index in [0.717, 1.165) is 43.2 Å². The molecule has 0 amide bonds. The Morgan fingerprint density at radius 2 is 2.00 bits per heavy atom. The molecule has 27 heavy (non-hydrogen) atoms. The molecule has 0 aliphatic heterocycles. The number of aryl methyl sites for hydroxylation is 1. The Balaban J connectivity index is 1.51. The second kappa shape index (κ2) is 9.67. The van der Waals surface area contributed by atoms with Crippen molar-refractivity contribution in [2.24, 2.45) is 4.99 Å². The smallest absolute Gasteiger partial charge is 0.191 e. The van der Waals surface area contributed by atoms with E-state index in [4.69, 9.17) is 4.74 Å². The van der Waals surface area contributed by atoms with Gasteiger partial charge in [-0.2, -0.15) is 0 Å². The molecule has 3 aromatic rings. The average molecular weight is 364 g/mol. The minimum atomic E-state index is 0.620. The second-order valence-corrected chi connectivity index (χ2v) is 6.44. The van der Waals surface area contributed by atoms with Crippen LogP contribution in [-0.4, -0.2) is 31.1 Å². The number of H-pyrrole nitrogens is 1. The highest BCUT2D eigenvalue weighted by molar-refractivity contribution is 5.83. The van der Waals surface area contributed by atoms with Gasteiger partial charge in [0.05, 0.1) is 13.7 Å². The molecule has 0 saturated heterocycles. The zero-order chi connectivity index (χ0) is 18.9. The molecule has 5 heteroatoms. The Labute approximate surface area is 160 Å². The van der Waals surface area contributed by atoms with Crippen molar-refractivity contribution in [2.45, 2.75) is 26.3 Å². The van der Waals surface area contributed by atoms with Crippen LogP contribution in [-0.2, 0) is 13.0 Å². The van der Waals surface area contributed by atoms with Crippen molar-refractivity contribution in [1.82, 2.24) is 15.6 Å². The van der Waals surface area contributed by atoms with Gasteiger partial charge in [-0.15, -0.1) is 0 Å². The van der Waals surface area contributed by atoms with Crippen LogP contribution in [0.3, 0.4) is 0 Å². The van der Waals surface area contributed by atoms with E-state index >= 15 is 0 Å². The number of aromatic nitrogens is 1. The molecule has 0 atom stereocenters. The molecule has 0 spiro atoms. The van der Waals surface area contributed by atoms with Gasteiger partial charge in [0.15, 0.2) is 5.96 Å². The van der Waals surface area contributed by atoms with Gasteiger partial charge < -0.3 is 20.4 Å². The number of fused-ring (bicyclic) bond motifs is 1. The van der Waals surface area contributed by atoms with E-state index in [9.17, 15) is 0 Å². The van der Waals surface area contributed by atoms with Crippen LogP contribution in [0.15, 0.2) is 59.7 Å². The number of ether oxygens (including phenoxy) is 1. The topological polar surface area (TPSA) is 61.4 Å². The Hall–Kier alpha value is -2.95. The fourth-order valence-corrected chi connectivity index (χ4v) is 3.11. The largest absolute Gasteiger partial charge is 0.497 e. The van der Waals surface area contributed by atoms with Crippen LogP contribution in [0.1, 0.15) is 24.5 Å². The summed E-state index contributed by atoms with van der Waals surface area (Å²) in [7, 11) is 1.68. The van der Waals surface area contributed by atoms with E-state index in [0.29, 0.717) is 6.54 Å². The molecule has 3 rings (SSSR count). The van der Waals surface area contributed by atoms with Gasteiger partial charge in [-0.3, -0.25) is 0 Å². The molecule has 0 unspecified atom stereocenters. The summed E-state index contributed by atoms with van der Waals surface area (Å²) in [5.41, 5.74) is 3.70. The third-order valence-electron chi connectivity index (χ3n) is 4.49. The fraction of sp³-hybridized carbons (Fsp3) is 0.318. The van der Waals surface area contributed by atoms with Gasteiger partial charge >= 0.3 is 0 Å². The van der Waals surface area contributed by atoms with Crippen molar-refractivity contribution < 1.29 is 4.74 Å². The average Bonchev–Trinajstić information content (AvgIpc) is 3.12.